The van der Waals surface area contributed by atoms with Crippen LogP contribution in [0.3, 0.4) is 0 Å². The van der Waals surface area contributed by atoms with Gasteiger partial charge in [-0.25, -0.2) is 0 Å². The minimum absolute atomic E-state index is 0.196. The van der Waals surface area contributed by atoms with E-state index in [4.69, 9.17) is 0 Å². The summed E-state index contributed by atoms with van der Waals surface area (Å²) < 4.78 is 0. The number of hydrogen-bond donors (Lipinski definition) is 2. The first-order chi connectivity index (χ1) is 7.56. The largest absolute Gasteiger partial charge is 0.480 e. The molecule has 2 rings (SSSR count). The molecule has 0 aromatic rings. The van der Waals surface area contributed by atoms with E-state index in [-0.39, 0.29) is 12.1 Å². The summed E-state index contributed by atoms with van der Waals surface area (Å²) in [6, 6.07) is 0.416. The Kier molecular flexibility index (Phi) is 3.22. The van der Waals surface area contributed by atoms with Crippen molar-refractivity contribution in [3.05, 3.63) is 0 Å². The fourth-order valence-corrected chi connectivity index (χ4v) is 3.30. The molecular weight excluding hydrogens is 204 g/mol. The third-order valence-corrected chi connectivity index (χ3v) is 3.90. The van der Waals surface area contributed by atoms with Gasteiger partial charge in [-0.15, -0.1) is 0 Å². The monoisotopic (exact) mass is 226 g/mol. The molecule has 2 aliphatic rings. The predicted molar refractivity (Wildman–Crippen MR) is 62.5 cm³/mol. The Morgan fingerprint density at radius 1 is 1.44 bits per heavy atom. The van der Waals surface area contributed by atoms with Crippen LogP contribution in [0.4, 0.5) is 0 Å². The number of carboxylic acid groups (broad SMARTS) is 1. The Balaban J connectivity index is 2.22. The lowest BCUT2D eigenvalue weighted by Gasteiger charge is -2.39. The van der Waals surface area contributed by atoms with Gasteiger partial charge in [0.15, 0.2) is 0 Å². The third-order valence-electron chi connectivity index (χ3n) is 3.90. The molecule has 2 heterocycles. The summed E-state index contributed by atoms with van der Waals surface area (Å²) in [5.41, 5.74) is -0.700. The summed E-state index contributed by atoms with van der Waals surface area (Å²) in [5.74, 6) is -0.671. The first-order valence-electron chi connectivity index (χ1n) is 6.31. The molecule has 92 valence electrons. The molecule has 4 heteroatoms. The summed E-state index contributed by atoms with van der Waals surface area (Å²) in [5, 5.41) is 12.9. The van der Waals surface area contributed by atoms with E-state index in [0.717, 1.165) is 32.4 Å². The maximum Gasteiger partial charge on any atom is 0.325 e. The Morgan fingerprint density at radius 3 is 2.81 bits per heavy atom. The molecule has 0 spiro atoms. The van der Waals surface area contributed by atoms with Gasteiger partial charge < -0.3 is 5.11 Å². The maximum absolute atomic E-state index is 11.6. The van der Waals surface area contributed by atoms with Crippen LogP contribution >= 0.6 is 0 Å². The van der Waals surface area contributed by atoms with Crippen molar-refractivity contribution >= 4 is 5.97 Å². The van der Waals surface area contributed by atoms with E-state index in [1.165, 1.54) is 6.42 Å². The summed E-state index contributed by atoms with van der Waals surface area (Å²) in [4.78, 5) is 14.0. The van der Waals surface area contributed by atoms with Crippen molar-refractivity contribution in [3.8, 4) is 0 Å². The Hall–Kier alpha value is -0.610. The molecule has 16 heavy (non-hydrogen) atoms. The number of carboxylic acids is 1. The lowest BCUT2D eigenvalue weighted by Crippen LogP contribution is -2.62. The number of aliphatic carboxylic acids is 1. The van der Waals surface area contributed by atoms with Crippen LogP contribution in [0.1, 0.15) is 39.5 Å². The molecule has 2 N–H and O–H groups in total. The Labute approximate surface area is 97.0 Å². The van der Waals surface area contributed by atoms with E-state index in [9.17, 15) is 9.90 Å². The number of carbonyl (C=O) groups is 1. The molecule has 0 saturated carbocycles. The van der Waals surface area contributed by atoms with Crippen LogP contribution in [-0.2, 0) is 4.79 Å². The van der Waals surface area contributed by atoms with Crippen LogP contribution in [0.15, 0.2) is 0 Å². The van der Waals surface area contributed by atoms with Crippen LogP contribution in [0.5, 0.6) is 0 Å². The second kappa shape index (κ2) is 4.34. The zero-order valence-electron chi connectivity index (χ0n) is 10.2. The smallest absolute Gasteiger partial charge is 0.325 e. The quantitative estimate of drug-likeness (QED) is 0.755. The van der Waals surface area contributed by atoms with Gasteiger partial charge in [-0.2, -0.15) is 0 Å². The molecule has 2 unspecified atom stereocenters. The van der Waals surface area contributed by atoms with Crippen molar-refractivity contribution in [2.24, 2.45) is 0 Å². The average Bonchev–Trinajstić information content (AvgIpc) is 2.58. The fraction of sp³-hybridized carbons (Fsp3) is 0.917. The van der Waals surface area contributed by atoms with Crippen molar-refractivity contribution in [2.45, 2.75) is 57.2 Å². The van der Waals surface area contributed by atoms with Crippen LogP contribution in [0.25, 0.3) is 0 Å². The van der Waals surface area contributed by atoms with Crippen molar-refractivity contribution in [1.82, 2.24) is 10.2 Å². The van der Waals surface area contributed by atoms with Crippen LogP contribution in [0.2, 0.25) is 0 Å². The summed E-state index contributed by atoms with van der Waals surface area (Å²) in [6.07, 6.45) is 4.14. The number of nitrogens with one attached hydrogen (secondary N) is 1. The Bertz CT molecular complexity index is 280. The van der Waals surface area contributed by atoms with Crippen LogP contribution in [0, 0.1) is 0 Å². The highest BCUT2D eigenvalue weighted by Gasteiger charge is 2.53. The van der Waals surface area contributed by atoms with E-state index in [2.05, 4.69) is 10.2 Å². The first-order valence-corrected chi connectivity index (χ1v) is 6.31. The van der Waals surface area contributed by atoms with Crippen molar-refractivity contribution in [3.63, 3.8) is 0 Å². The molecule has 0 aromatic heterocycles. The summed E-state index contributed by atoms with van der Waals surface area (Å²) in [6.45, 7) is 6.04. The van der Waals surface area contributed by atoms with Gasteiger partial charge in [-0.1, -0.05) is 6.42 Å². The molecule has 2 saturated heterocycles. The SMILES string of the molecule is CC(C)NC1(C(=O)O)CCN2CCCCC21. The van der Waals surface area contributed by atoms with Gasteiger partial charge in [-0.3, -0.25) is 15.0 Å². The van der Waals surface area contributed by atoms with Crippen molar-refractivity contribution < 1.29 is 9.90 Å². The molecule has 2 atom stereocenters. The first kappa shape index (κ1) is 11.9. The zero-order valence-corrected chi connectivity index (χ0v) is 10.2. The van der Waals surface area contributed by atoms with E-state index in [1.54, 1.807) is 0 Å². The zero-order chi connectivity index (χ0) is 11.8. The minimum Gasteiger partial charge on any atom is -0.480 e. The molecule has 0 amide bonds. The van der Waals surface area contributed by atoms with Gasteiger partial charge in [-0.05, 0) is 39.7 Å². The summed E-state index contributed by atoms with van der Waals surface area (Å²) >= 11 is 0. The highest BCUT2D eigenvalue weighted by molar-refractivity contribution is 5.80. The average molecular weight is 226 g/mol. The lowest BCUT2D eigenvalue weighted by atomic mass is 9.85. The van der Waals surface area contributed by atoms with E-state index >= 15 is 0 Å². The fourth-order valence-electron chi connectivity index (χ4n) is 3.30. The molecule has 0 aromatic carbocycles. The molecule has 0 radical (unpaired) electrons. The van der Waals surface area contributed by atoms with Crippen molar-refractivity contribution in [1.29, 1.82) is 0 Å². The van der Waals surface area contributed by atoms with Crippen LogP contribution < -0.4 is 5.32 Å². The molecule has 2 fully saturated rings. The van der Waals surface area contributed by atoms with Gasteiger partial charge in [0, 0.05) is 18.6 Å². The Morgan fingerprint density at radius 2 is 2.19 bits per heavy atom. The van der Waals surface area contributed by atoms with Gasteiger partial charge in [0.25, 0.3) is 0 Å². The predicted octanol–water partition coefficient (Wildman–Crippen LogP) is 1.07. The van der Waals surface area contributed by atoms with Gasteiger partial charge in [0.05, 0.1) is 0 Å². The number of rotatable bonds is 3. The normalized spacial score (nSPS) is 35.3. The number of nitrogens with zero attached hydrogens (tertiary/aromatic N) is 1. The van der Waals surface area contributed by atoms with E-state index in [0.29, 0.717) is 0 Å². The highest BCUT2D eigenvalue weighted by Crippen LogP contribution is 2.35. The number of piperidine rings is 1. The number of hydrogen-bond acceptors (Lipinski definition) is 3. The lowest BCUT2D eigenvalue weighted by molar-refractivity contribution is -0.146. The second-order valence-electron chi connectivity index (χ2n) is 5.37. The molecule has 2 aliphatic heterocycles. The second-order valence-corrected chi connectivity index (χ2v) is 5.37. The minimum atomic E-state index is -0.700. The van der Waals surface area contributed by atoms with Gasteiger partial charge in [0.2, 0.25) is 0 Å². The molecule has 4 nitrogen and oxygen atoms in total. The maximum atomic E-state index is 11.6. The van der Waals surface area contributed by atoms with Crippen molar-refractivity contribution in [2.75, 3.05) is 13.1 Å². The molecule has 0 aliphatic carbocycles. The molecule has 0 bridgehead atoms. The van der Waals surface area contributed by atoms with E-state index < -0.39 is 11.5 Å². The summed E-state index contributed by atoms with van der Waals surface area (Å²) in [7, 11) is 0. The van der Waals surface area contributed by atoms with Gasteiger partial charge in [0.1, 0.15) is 5.54 Å². The number of fused-ring (bicyclic) bond motifs is 1. The standard InChI is InChI=1S/C12H22N2O2/c1-9(2)13-12(11(15)16)6-8-14-7-4-3-5-10(12)14/h9-10,13H,3-8H2,1-2H3,(H,15,16). The third kappa shape index (κ3) is 1.84. The van der Waals surface area contributed by atoms with Gasteiger partial charge >= 0.3 is 5.97 Å². The topological polar surface area (TPSA) is 52.6 Å². The van der Waals surface area contributed by atoms with Crippen LogP contribution in [-0.4, -0.2) is 46.7 Å². The van der Waals surface area contributed by atoms with E-state index in [1.807, 2.05) is 13.8 Å². The molecular formula is C12H22N2O2. The highest BCUT2D eigenvalue weighted by atomic mass is 16.4.